The van der Waals surface area contributed by atoms with Crippen molar-refractivity contribution in [2.45, 2.75) is 17.1 Å². The van der Waals surface area contributed by atoms with E-state index in [4.69, 9.17) is 9.05 Å². The van der Waals surface area contributed by atoms with Crippen molar-refractivity contribution in [1.82, 2.24) is 15.3 Å². The number of aromatic nitrogens is 3. The van der Waals surface area contributed by atoms with Gasteiger partial charge < -0.3 is 9.05 Å². The Morgan fingerprint density at radius 1 is 0.880 bits per heavy atom. The molecule has 0 aliphatic carbocycles. The summed E-state index contributed by atoms with van der Waals surface area (Å²) in [5, 5.41) is 7.66. The number of benzene rings is 2. The fraction of sp³-hybridized carbons (Fsp3) is 0.105. The highest BCUT2D eigenvalue weighted by atomic mass is 32.2. The molecule has 0 radical (unpaired) electrons. The first-order chi connectivity index (χ1) is 12.4. The molecule has 5 nitrogen and oxygen atoms in total. The number of hydrogen-bond acceptors (Lipinski definition) is 6. The van der Waals surface area contributed by atoms with Gasteiger partial charge in [-0.2, -0.15) is 4.98 Å². The molecule has 0 unspecified atom stereocenters. The Balaban J connectivity index is 1.41. The molecule has 2 aromatic heterocycles. The van der Waals surface area contributed by atoms with Gasteiger partial charge in [-0.1, -0.05) is 40.6 Å². The summed E-state index contributed by atoms with van der Waals surface area (Å²) in [6.07, 6.45) is 2.07. The van der Waals surface area contributed by atoms with E-state index in [0.717, 1.165) is 11.3 Å². The minimum atomic E-state index is 0.467. The van der Waals surface area contributed by atoms with Gasteiger partial charge in [0.1, 0.15) is 5.76 Å². The molecule has 0 amide bonds. The van der Waals surface area contributed by atoms with Crippen LogP contribution in [0.2, 0.25) is 0 Å². The first-order valence-corrected chi connectivity index (χ1v) is 8.85. The van der Waals surface area contributed by atoms with Crippen molar-refractivity contribution < 1.29 is 9.05 Å². The van der Waals surface area contributed by atoms with E-state index in [1.165, 1.54) is 10.5 Å². The van der Waals surface area contributed by atoms with Gasteiger partial charge in [0, 0.05) is 22.3 Å². The lowest BCUT2D eigenvalue weighted by molar-refractivity contribution is 0.382. The summed E-state index contributed by atoms with van der Waals surface area (Å²) < 4.78 is 10.4. The van der Waals surface area contributed by atoms with Crippen LogP contribution in [0.4, 0.5) is 0 Å². The van der Waals surface area contributed by atoms with E-state index in [2.05, 4.69) is 51.7 Å². The fourth-order valence-electron chi connectivity index (χ4n) is 2.37. The van der Waals surface area contributed by atoms with Gasteiger partial charge >= 0.3 is 0 Å². The number of hydrogen-bond donors (Lipinski definition) is 0. The van der Waals surface area contributed by atoms with Gasteiger partial charge in [-0.3, -0.25) is 0 Å². The summed E-state index contributed by atoms with van der Waals surface area (Å²) in [6.45, 7) is 0. The van der Waals surface area contributed by atoms with Crippen LogP contribution in [0.1, 0.15) is 17.1 Å². The Morgan fingerprint density at radius 3 is 2.48 bits per heavy atom. The monoisotopic (exact) mass is 349 g/mol. The molecule has 2 heterocycles. The molecule has 0 fully saturated rings. The molecule has 0 aliphatic heterocycles. The van der Waals surface area contributed by atoms with Gasteiger partial charge in [0.15, 0.2) is 5.82 Å². The SMILES string of the molecule is c1ccc(CSc2ccc(-c3nc(Cc4ccno4)no3)cc2)cc1. The van der Waals surface area contributed by atoms with Crippen LogP contribution in [-0.2, 0) is 12.2 Å². The highest BCUT2D eigenvalue weighted by Crippen LogP contribution is 2.26. The second-order valence-electron chi connectivity index (χ2n) is 5.47. The second-order valence-corrected chi connectivity index (χ2v) is 6.52. The predicted octanol–water partition coefficient (Wildman–Crippen LogP) is 4.61. The molecule has 0 N–H and O–H groups in total. The van der Waals surface area contributed by atoms with Crippen LogP contribution in [-0.4, -0.2) is 15.3 Å². The summed E-state index contributed by atoms with van der Waals surface area (Å²) in [7, 11) is 0. The van der Waals surface area contributed by atoms with Crippen molar-refractivity contribution in [3.05, 3.63) is 84.0 Å². The van der Waals surface area contributed by atoms with E-state index < -0.39 is 0 Å². The Morgan fingerprint density at radius 2 is 1.72 bits per heavy atom. The molecule has 6 heteroatoms. The molecule has 0 saturated heterocycles. The first-order valence-electron chi connectivity index (χ1n) is 7.86. The molecule has 0 bridgehead atoms. The lowest BCUT2D eigenvalue weighted by Crippen LogP contribution is -1.88. The molecule has 2 aromatic carbocycles. The number of nitrogens with zero attached hydrogens (tertiary/aromatic N) is 3. The maximum atomic E-state index is 5.34. The molecule has 0 atom stereocenters. The maximum Gasteiger partial charge on any atom is 0.257 e. The van der Waals surface area contributed by atoms with Gasteiger partial charge in [0.25, 0.3) is 5.89 Å². The van der Waals surface area contributed by atoms with Crippen molar-refractivity contribution in [2.24, 2.45) is 0 Å². The highest BCUT2D eigenvalue weighted by molar-refractivity contribution is 7.98. The van der Waals surface area contributed by atoms with Crippen molar-refractivity contribution in [3.63, 3.8) is 0 Å². The molecular weight excluding hydrogens is 334 g/mol. The van der Waals surface area contributed by atoms with Crippen LogP contribution in [0.5, 0.6) is 0 Å². The van der Waals surface area contributed by atoms with E-state index in [0.29, 0.717) is 23.9 Å². The Hall–Kier alpha value is -2.86. The van der Waals surface area contributed by atoms with Gasteiger partial charge in [-0.25, -0.2) is 0 Å². The van der Waals surface area contributed by atoms with Crippen LogP contribution in [0.15, 0.2) is 80.8 Å². The third kappa shape index (κ3) is 3.97. The zero-order valence-electron chi connectivity index (χ0n) is 13.3. The van der Waals surface area contributed by atoms with Gasteiger partial charge in [0.05, 0.1) is 12.6 Å². The smallest absolute Gasteiger partial charge is 0.257 e. The largest absolute Gasteiger partial charge is 0.361 e. The van der Waals surface area contributed by atoms with Crippen LogP contribution < -0.4 is 0 Å². The summed E-state index contributed by atoms with van der Waals surface area (Å²) in [5.74, 6) is 2.74. The quantitative estimate of drug-likeness (QED) is 0.474. The van der Waals surface area contributed by atoms with Crippen molar-refractivity contribution in [2.75, 3.05) is 0 Å². The average Bonchev–Trinajstić information content (AvgIpc) is 3.34. The van der Waals surface area contributed by atoms with Crippen LogP contribution in [0.25, 0.3) is 11.5 Å². The van der Waals surface area contributed by atoms with E-state index in [1.54, 1.807) is 24.0 Å². The Bertz CT molecular complexity index is 919. The normalized spacial score (nSPS) is 10.9. The van der Waals surface area contributed by atoms with E-state index in [-0.39, 0.29) is 0 Å². The molecule has 0 spiro atoms. The molecule has 4 aromatic rings. The Labute approximate surface area is 149 Å². The zero-order valence-corrected chi connectivity index (χ0v) is 14.1. The highest BCUT2D eigenvalue weighted by Gasteiger charge is 2.11. The molecule has 0 saturated carbocycles. The van der Waals surface area contributed by atoms with E-state index >= 15 is 0 Å². The molecule has 0 aliphatic rings. The van der Waals surface area contributed by atoms with Crippen LogP contribution >= 0.6 is 11.8 Å². The van der Waals surface area contributed by atoms with Gasteiger partial charge in [0.2, 0.25) is 0 Å². The van der Waals surface area contributed by atoms with Gasteiger partial charge in [-0.05, 0) is 29.8 Å². The molecule has 124 valence electrons. The summed E-state index contributed by atoms with van der Waals surface area (Å²) in [6, 6.07) is 20.4. The van der Waals surface area contributed by atoms with Crippen LogP contribution in [0, 0.1) is 0 Å². The van der Waals surface area contributed by atoms with Crippen molar-refractivity contribution in [1.29, 1.82) is 0 Å². The third-order valence-corrected chi connectivity index (χ3v) is 4.72. The van der Waals surface area contributed by atoms with Gasteiger partial charge in [-0.15, -0.1) is 11.8 Å². The number of rotatable bonds is 6. The summed E-state index contributed by atoms with van der Waals surface area (Å²) >= 11 is 1.80. The first kappa shape index (κ1) is 15.7. The van der Waals surface area contributed by atoms with Crippen molar-refractivity contribution in [3.8, 4) is 11.5 Å². The standard InChI is InChI=1S/C19H15N3O2S/c1-2-4-14(5-3-1)13-25-17-8-6-15(7-9-17)19-21-18(22-24-19)12-16-10-11-20-23-16/h1-11H,12-13H2. The maximum absolute atomic E-state index is 5.34. The zero-order chi connectivity index (χ0) is 16.9. The van der Waals surface area contributed by atoms with E-state index in [9.17, 15) is 0 Å². The minimum absolute atomic E-state index is 0.467. The molecule has 25 heavy (non-hydrogen) atoms. The second kappa shape index (κ2) is 7.36. The third-order valence-electron chi connectivity index (χ3n) is 3.64. The molecule has 4 rings (SSSR count). The van der Waals surface area contributed by atoms with Crippen LogP contribution in [0.3, 0.4) is 0 Å². The average molecular weight is 349 g/mol. The topological polar surface area (TPSA) is 65.0 Å². The lowest BCUT2D eigenvalue weighted by atomic mass is 10.2. The van der Waals surface area contributed by atoms with E-state index in [1.807, 2.05) is 18.2 Å². The van der Waals surface area contributed by atoms with Crippen molar-refractivity contribution >= 4 is 11.8 Å². The lowest BCUT2D eigenvalue weighted by Gasteiger charge is -2.02. The summed E-state index contributed by atoms with van der Waals surface area (Å²) in [5.41, 5.74) is 2.21. The number of thioether (sulfide) groups is 1. The minimum Gasteiger partial charge on any atom is -0.361 e. The predicted molar refractivity (Wildman–Crippen MR) is 95.0 cm³/mol. The summed E-state index contributed by atoms with van der Waals surface area (Å²) in [4.78, 5) is 5.61. The molecular formula is C19H15N3O2S. The Kier molecular flexibility index (Phi) is 4.61. The fourth-order valence-corrected chi connectivity index (χ4v) is 3.22.